The second-order valence-electron chi connectivity index (χ2n) is 6.34. The smallest absolute Gasteiger partial charge is 0.269 e. The highest BCUT2D eigenvalue weighted by Crippen LogP contribution is 2.34. The van der Waals surface area contributed by atoms with Gasteiger partial charge in [0.15, 0.2) is 11.5 Å². The molecular weight excluding hydrogens is 486 g/mol. The number of non-ortho nitro benzene ring substituents is 1. The van der Waals surface area contributed by atoms with Crippen molar-refractivity contribution >= 4 is 45.1 Å². The number of nitrogens with zero attached hydrogens (tertiary/aromatic N) is 2. The minimum atomic E-state index is -0.448. The molecule has 1 N–H and O–H groups in total. The Morgan fingerprint density at radius 1 is 1.10 bits per heavy atom. The average molecular weight is 505 g/mol. The summed E-state index contributed by atoms with van der Waals surface area (Å²) in [6.07, 6.45) is 1.62. The number of hydrogen-bond donors (Lipinski definition) is 1. The summed E-state index contributed by atoms with van der Waals surface area (Å²) in [6, 6.07) is 17.1. The summed E-state index contributed by atoms with van der Waals surface area (Å²) >= 11 is 9.46. The van der Waals surface area contributed by atoms with E-state index in [9.17, 15) is 10.1 Å². The summed E-state index contributed by atoms with van der Waals surface area (Å²) in [7, 11) is 0. The van der Waals surface area contributed by atoms with Crippen LogP contribution in [0, 0.1) is 10.1 Å². The molecule has 160 valence electrons. The van der Waals surface area contributed by atoms with E-state index >= 15 is 0 Å². The third-order valence-electron chi connectivity index (χ3n) is 4.15. The fourth-order valence-electron chi connectivity index (χ4n) is 2.61. The largest absolute Gasteiger partial charge is 0.490 e. The molecule has 0 radical (unpaired) electrons. The van der Waals surface area contributed by atoms with Gasteiger partial charge in [-0.05, 0) is 64.8 Å². The number of anilines is 1. The standard InChI is InChI=1S/C22H19BrClN3O4/c1-2-30-21-11-16(13-25-26-18-7-9-19(10-8-18)27(28)29)20(23)12-22(21)31-14-15-3-5-17(24)6-4-15/h3-13,26H,2,14H2,1H3/b25-13+. The van der Waals surface area contributed by atoms with E-state index in [0.717, 1.165) is 15.6 Å². The second kappa shape index (κ2) is 10.8. The zero-order valence-electron chi connectivity index (χ0n) is 16.5. The van der Waals surface area contributed by atoms with Gasteiger partial charge in [-0.1, -0.05) is 23.7 Å². The van der Waals surface area contributed by atoms with Crippen LogP contribution in [0.4, 0.5) is 11.4 Å². The Hall–Kier alpha value is -3.10. The Balaban J connectivity index is 1.71. The zero-order chi connectivity index (χ0) is 22.2. The van der Waals surface area contributed by atoms with Gasteiger partial charge >= 0.3 is 0 Å². The minimum Gasteiger partial charge on any atom is -0.490 e. The minimum absolute atomic E-state index is 0.0211. The van der Waals surface area contributed by atoms with Crippen molar-refractivity contribution in [3.63, 3.8) is 0 Å². The van der Waals surface area contributed by atoms with Crippen LogP contribution in [0.2, 0.25) is 5.02 Å². The van der Waals surface area contributed by atoms with Crippen LogP contribution in [0.3, 0.4) is 0 Å². The molecule has 7 nitrogen and oxygen atoms in total. The third-order valence-corrected chi connectivity index (χ3v) is 5.08. The maximum Gasteiger partial charge on any atom is 0.269 e. The van der Waals surface area contributed by atoms with E-state index in [4.69, 9.17) is 21.1 Å². The number of halogens is 2. The summed E-state index contributed by atoms with van der Waals surface area (Å²) in [4.78, 5) is 10.3. The van der Waals surface area contributed by atoms with Crippen LogP contribution in [0.25, 0.3) is 0 Å². The Morgan fingerprint density at radius 2 is 1.77 bits per heavy atom. The first-order valence-electron chi connectivity index (χ1n) is 9.33. The number of nitrogens with one attached hydrogen (secondary N) is 1. The molecule has 0 aliphatic heterocycles. The summed E-state index contributed by atoms with van der Waals surface area (Å²) in [5, 5.41) is 15.6. The lowest BCUT2D eigenvalue weighted by Gasteiger charge is -2.14. The fourth-order valence-corrected chi connectivity index (χ4v) is 3.16. The van der Waals surface area contributed by atoms with Gasteiger partial charge in [0.2, 0.25) is 0 Å². The molecular formula is C22H19BrClN3O4. The molecule has 3 rings (SSSR count). The van der Waals surface area contributed by atoms with Crippen LogP contribution in [-0.4, -0.2) is 17.7 Å². The first-order valence-corrected chi connectivity index (χ1v) is 10.5. The Kier molecular flexibility index (Phi) is 7.86. The van der Waals surface area contributed by atoms with Crippen molar-refractivity contribution < 1.29 is 14.4 Å². The van der Waals surface area contributed by atoms with Crippen LogP contribution in [0.5, 0.6) is 11.5 Å². The number of benzene rings is 3. The molecule has 9 heteroatoms. The number of nitro groups is 1. The van der Waals surface area contributed by atoms with Crippen molar-refractivity contribution in [1.29, 1.82) is 0 Å². The lowest BCUT2D eigenvalue weighted by Crippen LogP contribution is -2.01. The number of hydrazone groups is 1. The van der Waals surface area contributed by atoms with Gasteiger partial charge in [0.25, 0.3) is 5.69 Å². The van der Waals surface area contributed by atoms with Crippen LogP contribution in [0.1, 0.15) is 18.1 Å². The van der Waals surface area contributed by atoms with Gasteiger partial charge < -0.3 is 9.47 Å². The maximum atomic E-state index is 10.7. The number of hydrogen-bond acceptors (Lipinski definition) is 6. The summed E-state index contributed by atoms with van der Waals surface area (Å²) in [6.45, 7) is 2.75. The average Bonchev–Trinajstić information content (AvgIpc) is 2.76. The quantitative estimate of drug-likeness (QED) is 0.206. The summed E-state index contributed by atoms with van der Waals surface area (Å²) < 4.78 is 12.4. The number of rotatable bonds is 9. The molecule has 0 heterocycles. The van der Waals surface area contributed by atoms with Crippen LogP contribution in [0.15, 0.2) is 70.2 Å². The lowest BCUT2D eigenvalue weighted by atomic mass is 10.2. The second-order valence-corrected chi connectivity index (χ2v) is 7.63. The van der Waals surface area contributed by atoms with Crippen molar-refractivity contribution in [3.05, 3.63) is 91.4 Å². The Labute approximate surface area is 192 Å². The van der Waals surface area contributed by atoms with E-state index in [-0.39, 0.29) is 5.69 Å². The van der Waals surface area contributed by atoms with Crippen molar-refractivity contribution in [2.75, 3.05) is 12.0 Å². The van der Waals surface area contributed by atoms with Crippen molar-refractivity contribution in [1.82, 2.24) is 0 Å². The van der Waals surface area contributed by atoms with Gasteiger partial charge in [-0.3, -0.25) is 15.5 Å². The topological polar surface area (TPSA) is 86.0 Å². The normalized spacial score (nSPS) is 10.8. The molecule has 3 aromatic carbocycles. The highest BCUT2D eigenvalue weighted by Gasteiger charge is 2.11. The zero-order valence-corrected chi connectivity index (χ0v) is 18.9. The molecule has 3 aromatic rings. The lowest BCUT2D eigenvalue weighted by molar-refractivity contribution is -0.384. The highest BCUT2D eigenvalue weighted by atomic mass is 79.9. The van der Waals surface area contributed by atoms with Crippen molar-refractivity contribution in [3.8, 4) is 11.5 Å². The van der Waals surface area contributed by atoms with Gasteiger partial charge in [0.05, 0.1) is 23.4 Å². The van der Waals surface area contributed by atoms with Gasteiger partial charge in [-0.2, -0.15) is 5.10 Å². The van der Waals surface area contributed by atoms with E-state index < -0.39 is 4.92 Å². The van der Waals surface area contributed by atoms with Gasteiger partial charge in [0, 0.05) is 27.2 Å². The molecule has 0 saturated carbocycles. The summed E-state index contributed by atoms with van der Waals surface area (Å²) in [5.41, 5.74) is 5.26. The number of nitro benzene ring substituents is 1. The molecule has 0 atom stereocenters. The first-order chi connectivity index (χ1) is 15.0. The molecule has 0 fully saturated rings. The van der Waals surface area contributed by atoms with E-state index in [1.807, 2.05) is 43.3 Å². The molecule has 0 spiro atoms. The predicted molar refractivity (Wildman–Crippen MR) is 125 cm³/mol. The van der Waals surface area contributed by atoms with Gasteiger partial charge in [-0.15, -0.1) is 0 Å². The van der Waals surface area contributed by atoms with Crippen LogP contribution >= 0.6 is 27.5 Å². The molecule has 0 unspecified atom stereocenters. The molecule has 0 amide bonds. The molecule has 0 aromatic heterocycles. The van der Waals surface area contributed by atoms with Crippen LogP contribution in [-0.2, 0) is 6.61 Å². The Bertz CT molecular complexity index is 1070. The third kappa shape index (κ3) is 6.44. The fraction of sp³-hybridized carbons (Fsp3) is 0.136. The SMILES string of the molecule is CCOc1cc(/C=N/Nc2ccc([N+](=O)[O-])cc2)c(Br)cc1OCc1ccc(Cl)cc1. The van der Waals surface area contributed by atoms with E-state index in [0.29, 0.717) is 35.4 Å². The van der Waals surface area contributed by atoms with Crippen molar-refractivity contribution in [2.45, 2.75) is 13.5 Å². The van der Waals surface area contributed by atoms with Crippen LogP contribution < -0.4 is 14.9 Å². The monoisotopic (exact) mass is 503 g/mol. The van der Waals surface area contributed by atoms with E-state index in [1.54, 1.807) is 18.3 Å². The molecule has 0 saturated heterocycles. The van der Waals surface area contributed by atoms with E-state index in [2.05, 4.69) is 26.5 Å². The molecule has 31 heavy (non-hydrogen) atoms. The molecule has 0 aliphatic carbocycles. The summed E-state index contributed by atoms with van der Waals surface area (Å²) in [5.74, 6) is 1.20. The first kappa shape index (κ1) is 22.6. The maximum absolute atomic E-state index is 10.7. The highest BCUT2D eigenvalue weighted by molar-refractivity contribution is 9.10. The van der Waals surface area contributed by atoms with Crippen molar-refractivity contribution in [2.24, 2.45) is 5.10 Å². The predicted octanol–water partition coefficient (Wildman–Crippen LogP) is 6.43. The van der Waals surface area contributed by atoms with E-state index in [1.165, 1.54) is 12.1 Å². The molecule has 0 aliphatic rings. The van der Waals surface area contributed by atoms with Gasteiger partial charge in [0.1, 0.15) is 6.61 Å². The number of ether oxygens (including phenoxy) is 2. The Morgan fingerprint density at radius 3 is 2.42 bits per heavy atom. The molecule has 0 bridgehead atoms. The van der Waals surface area contributed by atoms with Gasteiger partial charge in [-0.25, -0.2) is 0 Å².